The standard InChI is InChI=1S/C22H37N7O2/c1-23-22(29-13-14-31-20(17-29)19-15-25-26(2)16-19)24-7-8-27-9-11-28(12-10-27)21(30)18-5-3-4-6-18/h15-16,18,20H,3-14,17H2,1-2H3,(H,23,24). The molecule has 9 heteroatoms. The van der Waals surface area contributed by atoms with Crippen LogP contribution in [-0.2, 0) is 16.6 Å². The molecule has 9 nitrogen and oxygen atoms in total. The van der Waals surface area contributed by atoms with Crippen molar-refractivity contribution in [2.45, 2.75) is 31.8 Å². The van der Waals surface area contributed by atoms with E-state index in [9.17, 15) is 4.79 Å². The van der Waals surface area contributed by atoms with Gasteiger partial charge < -0.3 is 19.9 Å². The molecule has 2 aliphatic heterocycles. The molecule has 0 radical (unpaired) electrons. The van der Waals surface area contributed by atoms with Crippen LogP contribution in [0.1, 0.15) is 37.4 Å². The molecule has 1 N–H and O–H groups in total. The van der Waals surface area contributed by atoms with Gasteiger partial charge in [0.1, 0.15) is 6.10 Å². The Kier molecular flexibility index (Phi) is 7.45. The number of morpholine rings is 1. The van der Waals surface area contributed by atoms with Crippen LogP contribution in [0.2, 0.25) is 0 Å². The number of piperazine rings is 1. The highest BCUT2D eigenvalue weighted by Gasteiger charge is 2.29. The Labute approximate surface area is 185 Å². The van der Waals surface area contributed by atoms with Crippen LogP contribution in [0.15, 0.2) is 17.4 Å². The topological polar surface area (TPSA) is 78.2 Å². The van der Waals surface area contributed by atoms with E-state index in [1.807, 2.05) is 31.2 Å². The quantitative estimate of drug-likeness (QED) is 0.546. The van der Waals surface area contributed by atoms with Gasteiger partial charge in [-0.3, -0.25) is 19.4 Å². The van der Waals surface area contributed by atoms with Crippen molar-refractivity contribution >= 4 is 11.9 Å². The highest BCUT2D eigenvalue weighted by Crippen LogP contribution is 2.27. The minimum atomic E-state index is 0.0199. The Morgan fingerprint density at radius 1 is 1.19 bits per heavy atom. The Balaban J connectivity index is 1.19. The molecule has 1 amide bonds. The Bertz CT molecular complexity index is 751. The first-order valence-corrected chi connectivity index (χ1v) is 11.7. The monoisotopic (exact) mass is 431 g/mol. The van der Waals surface area contributed by atoms with Crippen molar-refractivity contribution in [3.05, 3.63) is 18.0 Å². The molecule has 31 heavy (non-hydrogen) atoms. The average Bonchev–Trinajstić information content (AvgIpc) is 3.49. The number of amides is 1. The van der Waals surface area contributed by atoms with Crippen molar-refractivity contribution < 1.29 is 9.53 Å². The summed E-state index contributed by atoms with van der Waals surface area (Å²) in [5.41, 5.74) is 1.10. The number of aromatic nitrogens is 2. The molecule has 1 aliphatic carbocycles. The van der Waals surface area contributed by atoms with Crippen molar-refractivity contribution in [3.63, 3.8) is 0 Å². The van der Waals surface area contributed by atoms with E-state index in [0.29, 0.717) is 18.4 Å². The smallest absolute Gasteiger partial charge is 0.225 e. The van der Waals surface area contributed by atoms with E-state index >= 15 is 0 Å². The average molecular weight is 432 g/mol. The zero-order valence-corrected chi connectivity index (χ0v) is 19.0. The Hall–Kier alpha value is -2.13. The highest BCUT2D eigenvalue weighted by molar-refractivity contribution is 5.80. The minimum absolute atomic E-state index is 0.0199. The third-order valence-electron chi connectivity index (χ3n) is 6.77. The molecule has 1 unspecified atom stereocenters. The second kappa shape index (κ2) is 10.5. The maximum atomic E-state index is 12.6. The van der Waals surface area contributed by atoms with E-state index in [1.165, 1.54) is 12.8 Å². The SMILES string of the molecule is CN=C(NCCN1CCN(C(=O)C2CCCC2)CC1)N1CCOC(c2cnn(C)c2)C1. The van der Waals surface area contributed by atoms with Crippen molar-refractivity contribution in [1.29, 1.82) is 0 Å². The van der Waals surface area contributed by atoms with Crippen molar-refractivity contribution in [2.24, 2.45) is 18.0 Å². The van der Waals surface area contributed by atoms with Crippen LogP contribution < -0.4 is 5.32 Å². The fourth-order valence-electron chi connectivity index (χ4n) is 4.93. The van der Waals surface area contributed by atoms with Gasteiger partial charge in [-0.15, -0.1) is 0 Å². The Morgan fingerprint density at radius 2 is 1.97 bits per heavy atom. The molecule has 3 heterocycles. The number of nitrogens with one attached hydrogen (secondary N) is 1. The van der Waals surface area contributed by atoms with E-state index in [-0.39, 0.29) is 6.10 Å². The zero-order valence-electron chi connectivity index (χ0n) is 19.0. The molecule has 3 aliphatic rings. The van der Waals surface area contributed by atoms with Crippen LogP contribution >= 0.6 is 0 Å². The molecule has 2 saturated heterocycles. The number of carbonyl (C=O) groups excluding carboxylic acids is 1. The zero-order chi connectivity index (χ0) is 21.6. The highest BCUT2D eigenvalue weighted by atomic mass is 16.5. The normalized spacial score (nSPS) is 24.1. The van der Waals surface area contributed by atoms with E-state index in [4.69, 9.17) is 4.74 Å². The summed E-state index contributed by atoms with van der Waals surface area (Å²) in [6.07, 6.45) is 8.52. The first-order valence-electron chi connectivity index (χ1n) is 11.7. The molecule has 3 fully saturated rings. The van der Waals surface area contributed by atoms with Crippen LogP contribution in [0.25, 0.3) is 0 Å². The van der Waals surface area contributed by atoms with Gasteiger partial charge >= 0.3 is 0 Å². The van der Waals surface area contributed by atoms with Crippen molar-refractivity contribution in [3.8, 4) is 0 Å². The number of carbonyl (C=O) groups is 1. The molecule has 4 rings (SSSR count). The molecular formula is C22H37N7O2. The summed E-state index contributed by atoms with van der Waals surface area (Å²) in [5, 5.41) is 7.78. The van der Waals surface area contributed by atoms with Crippen LogP contribution in [0.5, 0.6) is 0 Å². The van der Waals surface area contributed by atoms with Gasteiger partial charge in [0.25, 0.3) is 0 Å². The summed E-state index contributed by atoms with van der Waals surface area (Å²) in [7, 11) is 3.76. The predicted molar refractivity (Wildman–Crippen MR) is 120 cm³/mol. The van der Waals surface area contributed by atoms with Gasteiger partial charge in [-0.05, 0) is 12.8 Å². The van der Waals surface area contributed by atoms with Gasteiger partial charge in [0.05, 0.1) is 19.3 Å². The summed E-state index contributed by atoms with van der Waals surface area (Å²) in [6.45, 7) is 7.72. The maximum absolute atomic E-state index is 12.6. The lowest BCUT2D eigenvalue weighted by Gasteiger charge is -2.37. The number of aliphatic imine (C=N–C) groups is 1. The molecule has 1 aromatic rings. The summed E-state index contributed by atoms with van der Waals surface area (Å²) in [6, 6.07) is 0. The van der Waals surface area contributed by atoms with Crippen LogP contribution in [0.3, 0.4) is 0 Å². The number of hydrogen-bond donors (Lipinski definition) is 1. The summed E-state index contributed by atoms with van der Waals surface area (Å²) in [5.74, 6) is 1.61. The van der Waals surface area contributed by atoms with Gasteiger partial charge in [-0.1, -0.05) is 12.8 Å². The molecule has 0 aromatic carbocycles. The summed E-state index contributed by atoms with van der Waals surface area (Å²) >= 11 is 0. The van der Waals surface area contributed by atoms with Crippen LogP contribution in [0, 0.1) is 5.92 Å². The third kappa shape index (κ3) is 5.57. The van der Waals surface area contributed by atoms with Crippen molar-refractivity contribution in [2.75, 3.05) is 66.0 Å². The molecule has 172 valence electrons. The first-order chi connectivity index (χ1) is 15.1. The van der Waals surface area contributed by atoms with Gasteiger partial charge in [-0.2, -0.15) is 5.10 Å². The number of rotatable bonds is 5. The van der Waals surface area contributed by atoms with Gasteiger partial charge in [0, 0.05) is 77.6 Å². The molecule has 1 aromatic heterocycles. The number of nitrogens with zero attached hydrogens (tertiary/aromatic N) is 6. The molecule has 1 atom stereocenters. The largest absolute Gasteiger partial charge is 0.370 e. The van der Waals surface area contributed by atoms with Gasteiger partial charge in [0.15, 0.2) is 5.96 Å². The first kappa shape index (κ1) is 22.1. The second-order valence-corrected chi connectivity index (χ2v) is 8.88. The lowest BCUT2D eigenvalue weighted by atomic mass is 10.1. The lowest BCUT2D eigenvalue weighted by Crippen LogP contribution is -2.53. The second-order valence-electron chi connectivity index (χ2n) is 8.88. The minimum Gasteiger partial charge on any atom is -0.370 e. The van der Waals surface area contributed by atoms with Crippen molar-refractivity contribution in [1.82, 2.24) is 29.8 Å². The van der Waals surface area contributed by atoms with E-state index in [1.54, 1.807) is 0 Å². The van der Waals surface area contributed by atoms with E-state index in [0.717, 1.165) is 76.7 Å². The fourth-order valence-corrected chi connectivity index (χ4v) is 4.93. The molecular weight excluding hydrogens is 394 g/mol. The lowest BCUT2D eigenvalue weighted by molar-refractivity contribution is -0.137. The number of guanidine groups is 1. The summed E-state index contributed by atoms with van der Waals surface area (Å²) in [4.78, 5) is 23.9. The molecule has 1 saturated carbocycles. The van der Waals surface area contributed by atoms with E-state index in [2.05, 4.69) is 30.1 Å². The molecule has 0 bridgehead atoms. The molecule has 0 spiro atoms. The Morgan fingerprint density at radius 3 is 2.65 bits per heavy atom. The van der Waals surface area contributed by atoms with Gasteiger partial charge in [0.2, 0.25) is 5.91 Å². The maximum Gasteiger partial charge on any atom is 0.225 e. The van der Waals surface area contributed by atoms with E-state index < -0.39 is 0 Å². The number of ether oxygens (including phenoxy) is 1. The van der Waals surface area contributed by atoms with Gasteiger partial charge in [-0.25, -0.2) is 0 Å². The fraction of sp³-hybridized carbons (Fsp3) is 0.773. The van der Waals surface area contributed by atoms with Crippen LogP contribution in [-0.4, -0.2) is 102 Å². The predicted octanol–water partition coefficient (Wildman–Crippen LogP) is 0.703. The number of aryl methyl sites for hydroxylation is 1. The summed E-state index contributed by atoms with van der Waals surface area (Å²) < 4.78 is 7.76. The number of hydrogen-bond acceptors (Lipinski definition) is 5. The third-order valence-corrected chi connectivity index (χ3v) is 6.77. The van der Waals surface area contributed by atoms with Crippen LogP contribution in [0.4, 0.5) is 0 Å².